The van der Waals surface area contributed by atoms with Gasteiger partial charge in [-0.05, 0) is 55.7 Å². The van der Waals surface area contributed by atoms with Crippen molar-refractivity contribution in [2.24, 2.45) is 5.92 Å². The lowest BCUT2D eigenvalue weighted by molar-refractivity contribution is -0.139. The normalized spacial score (nSPS) is 15.8. The van der Waals surface area contributed by atoms with Crippen molar-refractivity contribution in [1.29, 1.82) is 0 Å². The standard InChI is InChI=1S/C24H28FN3O3/c1-4-27(15-22(29)26-13-18-8-10-20(25)11-9-18)24(31)19-12-23(30)28(14-19)21-7-5-6-16(2)17(21)3/h5-11,19H,4,12-15H2,1-3H3,(H,26,29). The Bertz CT molecular complexity index is 975. The van der Waals surface area contributed by atoms with Crippen molar-refractivity contribution >= 4 is 23.4 Å². The quantitative estimate of drug-likeness (QED) is 0.742. The third-order valence-electron chi connectivity index (χ3n) is 5.77. The number of likely N-dealkylation sites (N-methyl/N-ethyl adjacent to an activating group) is 1. The molecule has 7 heteroatoms. The summed E-state index contributed by atoms with van der Waals surface area (Å²) in [6.45, 7) is 6.64. The van der Waals surface area contributed by atoms with Gasteiger partial charge in [-0.25, -0.2) is 4.39 Å². The second-order valence-corrected chi connectivity index (χ2v) is 7.88. The van der Waals surface area contributed by atoms with E-state index < -0.39 is 5.92 Å². The van der Waals surface area contributed by atoms with Gasteiger partial charge in [-0.3, -0.25) is 14.4 Å². The molecule has 2 aromatic rings. The van der Waals surface area contributed by atoms with Crippen molar-refractivity contribution < 1.29 is 18.8 Å². The fourth-order valence-corrected chi connectivity index (χ4v) is 3.77. The first kappa shape index (κ1) is 22.5. The van der Waals surface area contributed by atoms with E-state index in [0.717, 1.165) is 22.4 Å². The van der Waals surface area contributed by atoms with Gasteiger partial charge < -0.3 is 15.1 Å². The molecule has 0 bridgehead atoms. The van der Waals surface area contributed by atoms with Crippen LogP contribution in [0.15, 0.2) is 42.5 Å². The number of aryl methyl sites for hydroxylation is 1. The number of hydrogen-bond acceptors (Lipinski definition) is 3. The van der Waals surface area contributed by atoms with E-state index >= 15 is 0 Å². The molecule has 3 rings (SSSR count). The first-order chi connectivity index (χ1) is 14.8. The highest BCUT2D eigenvalue weighted by Crippen LogP contribution is 2.30. The van der Waals surface area contributed by atoms with E-state index in [-0.39, 0.29) is 43.0 Å². The Kier molecular flexibility index (Phi) is 7.05. The van der Waals surface area contributed by atoms with Crippen LogP contribution in [0.3, 0.4) is 0 Å². The van der Waals surface area contributed by atoms with Gasteiger partial charge in [0.25, 0.3) is 0 Å². The highest BCUT2D eigenvalue weighted by Gasteiger charge is 2.37. The number of halogens is 1. The first-order valence-electron chi connectivity index (χ1n) is 10.5. The van der Waals surface area contributed by atoms with Gasteiger partial charge >= 0.3 is 0 Å². The van der Waals surface area contributed by atoms with Crippen molar-refractivity contribution in [3.05, 3.63) is 65.0 Å². The summed E-state index contributed by atoms with van der Waals surface area (Å²) in [4.78, 5) is 41.1. The van der Waals surface area contributed by atoms with Crippen LogP contribution in [-0.2, 0) is 20.9 Å². The van der Waals surface area contributed by atoms with Crippen molar-refractivity contribution in [2.45, 2.75) is 33.7 Å². The Hall–Kier alpha value is -3.22. The van der Waals surface area contributed by atoms with Gasteiger partial charge in [-0.1, -0.05) is 24.3 Å². The summed E-state index contributed by atoms with van der Waals surface area (Å²) in [5.41, 5.74) is 3.72. The topological polar surface area (TPSA) is 69.7 Å². The van der Waals surface area contributed by atoms with Crippen molar-refractivity contribution in [2.75, 3.05) is 24.5 Å². The van der Waals surface area contributed by atoms with Crippen LogP contribution in [0.1, 0.15) is 30.0 Å². The van der Waals surface area contributed by atoms with Gasteiger partial charge in [-0.2, -0.15) is 0 Å². The summed E-state index contributed by atoms with van der Waals surface area (Å²) in [6, 6.07) is 11.7. The SMILES string of the molecule is CCN(CC(=O)NCc1ccc(F)cc1)C(=O)C1CC(=O)N(c2cccc(C)c2C)C1. The van der Waals surface area contributed by atoms with Crippen molar-refractivity contribution in [1.82, 2.24) is 10.2 Å². The van der Waals surface area contributed by atoms with Crippen LogP contribution in [0, 0.1) is 25.6 Å². The van der Waals surface area contributed by atoms with E-state index in [4.69, 9.17) is 0 Å². The van der Waals surface area contributed by atoms with Gasteiger partial charge in [0.15, 0.2) is 0 Å². The number of hydrogen-bond donors (Lipinski definition) is 1. The smallest absolute Gasteiger partial charge is 0.239 e. The van der Waals surface area contributed by atoms with Crippen LogP contribution in [0.5, 0.6) is 0 Å². The number of anilines is 1. The van der Waals surface area contributed by atoms with Crippen LogP contribution < -0.4 is 10.2 Å². The number of nitrogens with one attached hydrogen (secondary N) is 1. The Morgan fingerprint density at radius 3 is 2.55 bits per heavy atom. The molecule has 1 fully saturated rings. The summed E-state index contributed by atoms with van der Waals surface area (Å²) in [6.07, 6.45) is 0.139. The van der Waals surface area contributed by atoms with Crippen LogP contribution in [0.4, 0.5) is 10.1 Å². The second kappa shape index (κ2) is 9.73. The molecule has 6 nitrogen and oxygen atoms in total. The maximum atomic E-state index is 13.0. The van der Waals surface area contributed by atoms with Gasteiger partial charge in [0.2, 0.25) is 17.7 Å². The lowest BCUT2D eigenvalue weighted by Gasteiger charge is -2.24. The van der Waals surface area contributed by atoms with Crippen molar-refractivity contribution in [3.63, 3.8) is 0 Å². The minimum Gasteiger partial charge on any atom is -0.350 e. The molecule has 164 valence electrons. The second-order valence-electron chi connectivity index (χ2n) is 7.88. The summed E-state index contributed by atoms with van der Waals surface area (Å²) in [5, 5.41) is 2.75. The average Bonchev–Trinajstić information content (AvgIpc) is 3.14. The Balaban J connectivity index is 1.59. The molecule has 1 aliphatic heterocycles. The molecular formula is C24H28FN3O3. The molecule has 1 saturated heterocycles. The van der Waals surface area contributed by atoms with E-state index in [0.29, 0.717) is 13.1 Å². The molecule has 0 radical (unpaired) electrons. The zero-order valence-electron chi connectivity index (χ0n) is 18.2. The zero-order chi connectivity index (χ0) is 22.5. The molecule has 0 saturated carbocycles. The number of benzene rings is 2. The predicted octanol–water partition coefficient (Wildman–Crippen LogP) is 2.96. The molecule has 3 amide bonds. The molecule has 0 aliphatic carbocycles. The Labute approximate surface area is 182 Å². The monoisotopic (exact) mass is 425 g/mol. The Morgan fingerprint density at radius 1 is 1.16 bits per heavy atom. The highest BCUT2D eigenvalue weighted by atomic mass is 19.1. The van der Waals surface area contributed by atoms with Crippen molar-refractivity contribution in [3.8, 4) is 0 Å². The lowest BCUT2D eigenvalue weighted by Crippen LogP contribution is -2.43. The van der Waals surface area contributed by atoms with E-state index in [1.54, 1.807) is 17.0 Å². The number of carbonyl (C=O) groups is 3. The van der Waals surface area contributed by atoms with E-state index in [1.807, 2.05) is 39.0 Å². The van der Waals surface area contributed by atoms with Gasteiger partial charge in [0, 0.05) is 31.7 Å². The lowest BCUT2D eigenvalue weighted by atomic mass is 10.1. The number of carbonyl (C=O) groups excluding carboxylic acids is 3. The molecular weight excluding hydrogens is 397 g/mol. The fourth-order valence-electron chi connectivity index (χ4n) is 3.77. The molecule has 1 aliphatic rings. The maximum Gasteiger partial charge on any atom is 0.239 e. The third-order valence-corrected chi connectivity index (χ3v) is 5.77. The predicted molar refractivity (Wildman–Crippen MR) is 117 cm³/mol. The molecule has 0 spiro atoms. The summed E-state index contributed by atoms with van der Waals surface area (Å²) in [7, 11) is 0. The highest BCUT2D eigenvalue weighted by molar-refractivity contribution is 6.01. The molecule has 1 heterocycles. The van der Waals surface area contributed by atoms with Crippen LogP contribution >= 0.6 is 0 Å². The minimum absolute atomic E-state index is 0.0787. The van der Waals surface area contributed by atoms with Crippen LogP contribution in [0.2, 0.25) is 0 Å². The van der Waals surface area contributed by atoms with Gasteiger partial charge in [0.05, 0.1) is 12.5 Å². The molecule has 1 N–H and O–H groups in total. The summed E-state index contributed by atoms with van der Waals surface area (Å²) >= 11 is 0. The Morgan fingerprint density at radius 2 is 1.87 bits per heavy atom. The molecule has 0 aromatic heterocycles. The van der Waals surface area contributed by atoms with E-state index in [9.17, 15) is 18.8 Å². The number of nitrogens with zero attached hydrogens (tertiary/aromatic N) is 2. The number of amides is 3. The summed E-state index contributed by atoms with van der Waals surface area (Å²) in [5.74, 6) is -1.38. The first-order valence-corrected chi connectivity index (χ1v) is 10.5. The fraction of sp³-hybridized carbons (Fsp3) is 0.375. The average molecular weight is 426 g/mol. The molecule has 1 unspecified atom stereocenters. The van der Waals surface area contributed by atoms with Gasteiger partial charge in [0.1, 0.15) is 5.82 Å². The largest absolute Gasteiger partial charge is 0.350 e. The maximum absolute atomic E-state index is 13.0. The molecule has 31 heavy (non-hydrogen) atoms. The number of rotatable bonds is 7. The van der Waals surface area contributed by atoms with Crippen LogP contribution in [0.25, 0.3) is 0 Å². The zero-order valence-corrected chi connectivity index (χ0v) is 18.2. The summed E-state index contributed by atoms with van der Waals surface area (Å²) < 4.78 is 13.0. The van der Waals surface area contributed by atoms with Gasteiger partial charge in [-0.15, -0.1) is 0 Å². The third kappa shape index (κ3) is 5.29. The van der Waals surface area contributed by atoms with Crippen LogP contribution in [-0.4, -0.2) is 42.3 Å². The minimum atomic E-state index is -0.475. The van der Waals surface area contributed by atoms with E-state index in [1.165, 1.54) is 17.0 Å². The molecule has 2 aromatic carbocycles. The van der Waals surface area contributed by atoms with E-state index in [2.05, 4.69) is 5.32 Å². The molecule has 1 atom stereocenters.